The number of aliphatic hydroxyl groups excluding tert-OH is 1. The van der Waals surface area contributed by atoms with Crippen LogP contribution in [0.25, 0.3) is 0 Å². The number of hydrogen-bond acceptors (Lipinski definition) is 3. The van der Waals surface area contributed by atoms with E-state index in [1.165, 1.54) is 0 Å². The molecule has 1 aromatic carbocycles. The van der Waals surface area contributed by atoms with Crippen molar-refractivity contribution >= 4 is 5.91 Å². The molecule has 1 fully saturated rings. The van der Waals surface area contributed by atoms with Crippen molar-refractivity contribution in [3.8, 4) is 0 Å². The molecule has 0 aliphatic carbocycles. The summed E-state index contributed by atoms with van der Waals surface area (Å²) in [5.74, 6) is 0.0990. The van der Waals surface area contributed by atoms with Crippen LogP contribution in [0.4, 0.5) is 0 Å². The molecule has 0 bridgehead atoms. The molecule has 1 atom stereocenters. The molecule has 18 heavy (non-hydrogen) atoms. The summed E-state index contributed by atoms with van der Waals surface area (Å²) in [5.41, 5.74) is 1.61. The van der Waals surface area contributed by atoms with Gasteiger partial charge in [-0.1, -0.05) is 24.3 Å². The van der Waals surface area contributed by atoms with Crippen LogP contribution < -0.4 is 10.6 Å². The SMILES string of the molecule is CC1(C(=O)NCc2cccc(CO)c2)CCNC1. The van der Waals surface area contributed by atoms with Gasteiger partial charge in [-0.2, -0.15) is 0 Å². The number of nitrogens with one attached hydrogen (secondary N) is 2. The van der Waals surface area contributed by atoms with Crippen LogP contribution in [-0.2, 0) is 17.9 Å². The molecule has 0 spiro atoms. The summed E-state index contributed by atoms with van der Waals surface area (Å²) >= 11 is 0. The fourth-order valence-electron chi connectivity index (χ4n) is 2.24. The van der Waals surface area contributed by atoms with Crippen molar-refractivity contribution < 1.29 is 9.90 Å². The molecule has 1 saturated heterocycles. The van der Waals surface area contributed by atoms with Gasteiger partial charge in [0, 0.05) is 13.1 Å². The lowest BCUT2D eigenvalue weighted by Gasteiger charge is -2.21. The maximum atomic E-state index is 12.1. The second kappa shape index (κ2) is 5.50. The predicted molar refractivity (Wildman–Crippen MR) is 69.8 cm³/mol. The lowest BCUT2D eigenvalue weighted by atomic mass is 9.89. The zero-order valence-electron chi connectivity index (χ0n) is 10.7. The standard InChI is InChI=1S/C14H20N2O2/c1-14(5-6-15-10-14)13(18)16-8-11-3-2-4-12(7-11)9-17/h2-4,7,15,17H,5-6,8-10H2,1H3,(H,16,18). The highest BCUT2D eigenvalue weighted by Gasteiger charge is 2.35. The quantitative estimate of drug-likeness (QED) is 0.738. The Labute approximate surface area is 107 Å². The highest BCUT2D eigenvalue weighted by molar-refractivity contribution is 5.82. The Bertz CT molecular complexity index is 426. The molecule has 1 unspecified atom stereocenters. The van der Waals surface area contributed by atoms with Crippen LogP contribution in [0.5, 0.6) is 0 Å². The molecule has 1 aromatic rings. The Kier molecular flexibility index (Phi) is 3.99. The van der Waals surface area contributed by atoms with Gasteiger partial charge >= 0.3 is 0 Å². The Morgan fingerprint density at radius 3 is 2.94 bits per heavy atom. The van der Waals surface area contributed by atoms with E-state index in [1.54, 1.807) is 0 Å². The van der Waals surface area contributed by atoms with Gasteiger partial charge in [0.1, 0.15) is 0 Å². The largest absolute Gasteiger partial charge is 0.392 e. The third-order valence-electron chi connectivity index (χ3n) is 3.54. The molecule has 3 N–H and O–H groups in total. The normalized spacial score (nSPS) is 23.0. The number of rotatable bonds is 4. The number of carbonyl (C=O) groups is 1. The van der Waals surface area contributed by atoms with Crippen LogP contribution in [-0.4, -0.2) is 24.1 Å². The number of aliphatic hydroxyl groups is 1. The van der Waals surface area contributed by atoms with Gasteiger partial charge in [0.2, 0.25) is 5.91 Å². The average molecular weight is 248 g/mol. The molecule has 1 amide bonds. The van der Waals surface area contributed by atoms with Crippen molar-refractivity contribution in [1.82, 2.24) is 10.6 Å². The molecule has 1 heterocycles. The molecular weight excluding hydrogens is 228 g/mol. The number of hydrogen-bond donors (Lipinski definition) is 3. The predicted octanol–water partition coefficient (Wildman–Crippen LogP) is 0.795. The summed E-state index contributed by atoms with van der Waals surface area (Å²) in [5, 5.41) is 15.2. The van der Waals surface area contributed by atoms with Crippen LogP contribution in [0.1, 0.15) is 24.5 Å². The van der Waals surface area contributed by atoms with Crippen molar-refractivity contribution in [2.45, 2.75) is 26.5 Å². The maximum Gasteiger partial charge on any atom is 0.227 e. The molecule has 4 heteroatoms. The molecule has 2 rings (SSSR count). The molecule has 0 saturated carbocycles. The molecule has 4 nitrogen and oxygen atoms in total. The van der Waals surface area contributed by atoms with Crippen molar-refractivity contribution in [3.63, 3.8) is 0 Å². The average Bonchev–Trinajstić information content (AvgIpc) is 2.84. The van der Waals surface area contributed by atoms with Gasteiger partial charge in [-0.15, -0.1) is 0 Å². The van der Waals surface area contributed by atoms with Crippen LogP contribution in [0.3, 0.4) is 0 Å². The summed E-state index contributed by atoms with van der Waals surface area (Å²) in [6.45, 7) is 4.19. The zero-order chi connectivity index (χ0) is 13.0. The third kappa shape index (κ3) is 2.89. The zero-order valence-corrected chi connectivity index (χ0v) is 10.7. The topological polar surface area (TPSA) is 61.4 Å². The lowest BCUT2D eigenvalue weighted by Crippen LogP contribution is -2.40. The van der Waals surface area contributed by atoms with Gasteiger partial charge in [0.15, 0.2) is 0 Å². The first-order chi connectivity index (χ1) is 8.64. The number of benzene rings is 1. The lowest BCUT2D eigenvalue weighted by molar-refractivity contribution is -0.129. The van der Waals surface area contributed by atoms with Crippen molar-refractivity contribution in [2.75, 3.05) is 13.1 Å². The smallest absolute Gasteiger partial charge is 0.227 e. The molecule has 0 radical (unpaired) electrons. The van der Waals surface area contributed by atoms with Gasteiger partial charge in [0.05, 0.1) is 12.0 Å². The summed E-state index contributed by atoms with van der Waals surface area (Å²) in [4.78, 5) is 12.1. The van der Waals surface area contributed by atoms with Gasteiger partial charge < -0.3 is 15.7 Å². The van der Waals surface area contributed by atoms with Crippen molar-refractivity contribution in [1.29, 1.82) is 0 Å². The van der Waals surface area contributed by atoms with Crippen LogP contribution in [0.15, 0.2) is 24.3 Å². The summed E-state index contributed by atoms with van der Waals surface area (Å²) in [7, 11) is 0. The van der Waals surface area contributed by atoms with E-state index in [0.717, 1.165) is 30.6 Å². The monoisotopic (exact) mass is 248 g/mol. The molecule has 1 aliphatic heterocycles. The van der Waals surface area contributed by atoms with Crippen molar-refractivity contribution in [2.24, 2.45) is 5.41 Å². The van der Waals surface area contributed by atoms with Crippen LogP contribution in [0.2, 0.25) is 0 Å². The Balaban J connectivity index is 1.92. The van der Waals surface area contributed by atoms with Crippen LogP contribution >= 0.6 is 0 Å². The molecule has 0 aromatic heterocycles. The van der Waals surface area contributed by atoms with E-state index < -0.39 is 0 Å². The third-order valence-corrected chi connectivity index (χ3v) is 3.54. The number of carbonyl (C=O) groups excluding carboxylic acids is 1. The van der Waals surface area contributed by atoms with E-state index in [0.29, 0.717) is 6.54 Å². The summed E-state index contributed by atoms with van der Waals surface area (Å²) in [6.07, 6.45) is 0.884. The number of amides is 1. The van der Waals surface area contributed by atoms with Gasteiger partial charge in [-0.05, 0) is 31.0 Å². The first-order valence-corrected chi connectivity index (χ1v) is 6.32. The molecular formula is C14H20N2O2. The Hall–Kier alpha value is -1.39. The van der Waals surface area contributed by atoms with E-state index >= 15 is 0 Å². The molecule has 98 valence electrons. The minimum absolute atomic E-state index is 0.0312. The highest BCUT2D eigenvalue weighted by atomic mass is 16.3. The summed E-state index contributed by atoms with van der Waals surface area (Å²) in [6, 6.07) is 7.63. The van der Waals surface area contributed by atoms with Crippen molar-refractivity contribution in [3.05, 3.63) is 35.4 Å². The van der Waals surface area contributed by atoms with Crippen LogP contribution in [0, 0.1) is 5.41 Å². The van der Waals surface area contributed by atoms with E-state index in [1.807, 2.05) is 31.2 Å². The van der Waals surface area contributed by atoms with Gasteiger partial charge in [-0.25, -0.2) is 0 Å². The molecule has 1 aliphatic rings. The fraction of sp³-hybridized carbons (Fsp3) is 0.500. The Morgan fingerprint density at radius 1 is 1.50 bits per heavy atom. The van der Waals surface area contributed by atoms with E-state index in [2.05, 4.69) is 10.6 Å². The van der Waals surface area contributed by atoms with Gasteiger partial charge in [0.25, 0.3) is 0 Å². The second-order valence-electron chi connectivity index (χ2n) is 5.15. The van der Waals surface area contributed by atoms with E-state index in [-0.39, 0.29) is 17.9 Å². The van der Waals surface area contributed by atoms with Gasteiger partial charge in [-0.3, -0.25) is 4.79 Å². The van der Waals surface area contributed by atoms with E-state index in [9.17, 15) is 4.79 Å². The van der Waals surface area contributed by atoms with E-state index in [4.69, 9.17) is 5.11 Å². The first kappa shape index (κ1) is 13.1. The fourth-order valence-corrected chi connectivity index (χ4v) is 2.24. The highest BCUT2D eigenvalue weighted by Crippen LogP contribution is 2.24. The Morgan fingerprint density at radius 2 is 2.28 bits per heavy atom. The first-order valence-electron chi connectivity index (χ1n) is 6.32. The second-order valence-corrected chi connectivity index (χ2v) is 5.15. The maximum absolute atomic E-state index is 12.1. The minimum atomic E-state index is -0.283. The minimum Gasteiger partial charge on any atom is -0.392 e. The summed E-state index contributed by atoms with van der Waals surface area (Å²) < 4.78 is 0.